The van der Waals surface area contributed by atoms with Crippen molar-refractivity contribution in [3.63, 3.8) is 0 Å². The van der Waals surface area contributed by atoms with Crippen molar-refractivity contribution in [2.45, 2.75) is 31.7 Å². The van der Waals surface area contributed by atoms with Crippen LogP contribution in [0.15, 0.2) is 6.20 Å². The van der Waals surface area contributed by atoms with Crippen molar-refractivity contribution < 1.29 is 14.7 Å². The summed E-state index contributed by atoms with van der Waals surface area (Å²) < 4.78 is 0. The van der Waals surface area contributed by atoms with Crippen molar-refractivity contribution >= 4 is 28.3 Å². The van der Waals surface area contributed by atoms with Gasteiger partial charge >= 0.3 is 5.97 Å². The van der Waals surface area contributed by atoms with Crippen molar-refractivity contribution in [1.29, 1.82) is 0 Å². The van der Waals surface area contributed by atoms with Crippen molar-refractivity contribution in [3.05, 3.63) is 11.1 Å². The maximum Gasteiger partial charge on any atom is 0.305 e. The minimum absolute atomic E-state index is 0.0000257. The number of piperidine rings is 1. The molecule has 3 N–H and O–H groups in total. The molecule has 0 aromatic carbocycles. The first-order valence-electron chi connectivity index (χ1n) is 5.82. The Labute approximate surface area is 108 Å². The summed E-state index contributed by atoms with van der Waals surface area (Å²) in [5, 5.41) is 9.22. The topological polar surface area (TPSA) is 96.5 Å². The fourth-order valence-corrected chi connectivity index (χ4v) is 2.85. The second kappa shape index (κ2) is 5.34. The molecule has 2 rings (SSSR count). The summed E-state index contributed by atoms with van der Waals surface area (Å²) in [4.78, 5) is 29.0. The SMILES string of the molecule is Nc1ncc(C(=O)N2CCCCC2CC(=O)O)s1. The number of thiazole rings is 1. The Morgan fingerprint density at radius 1 is 1.56 bits per heavy atom. The first-order chi connectivity index (χ1) is 8.58. The van der Waals surface area contributed by atoms with E-state index in [1.54, 1.807) is 4.90 Å². The number of likely N-dealkylation sites (tertiary alicyclic amines) is 1. The molecule has 98 valence electrons. The van der Waals surface area contributed by atoms with Gasteiger partial charge in [-0.3, -0.25) is 9.59 Å². The normalized spacial score (nSPS) is 19.8. The summed E-state index contributed by atoms with van der Waals surface area (Å²) in [5.41, 5.74) is 5.50. The van der Waals surface area contributed by atoms with Gasteiger partial charge in [0.05, 0.1) is 12.6 Å². The predicted molar refractivity (Wildman–Crippen MR) is 67.5 cm³/mol. The van der Waals surface area contributed by atoms with E-state index in [9.17, 15) is 9.59 Å². The smallest absolute Gasteiger partial charge is 0.305 e. The molecule has 1 aliphatic heterocycles. The van der Waals surface area contributed by atoms with Gasteiger partial charge in [-0.25, -0.2) is 4.98 Å². The third kappa shape index (κ3) is 2.79. The Hall–Kier alpha value is -1.63. The van der Waals surface area contributed by atoms with Gasteiger partial charge in [-0.15, -0.1) is 0 Å². The molecule has 0 spiro atoms. The summed E-state index contributed by atoms with van der Waals surface area (Å²) in [6.07, 6.45) is 4.07. The molecule has 1 aromatic rings. The highest BCUT2D eigenvalue weighted by atomic mass is 32.1. The van der Waals surface area contributed by atoms with E-state index in [-0.39, 0.29) is 18.4 Å². The van der Waals surface area contributed by atoms with Crippen LogP contribution >= 0.6 is 11.3 Å². The van der Waals surface area contributed by atoms with Gasteiger partial charge in [0.2, 0.25) is 0 Å². The van der Waals surface area contributed by atoms with Gasteiger partial charge in [0.1, 0.15) is 4.88 Å². The Morgan fingerprint density at radius 2 is 2.33 bits per heavy atom. The van der Waals surface area contributed by atoms with E-state index in [1.165, 1.54) is 6.20 Å². The number of nitrogens with two attached hydrogens (primary N) is 1. The molecule has 0 bridgehead atoms. The number of nitrogen functional groups attached to an aromatic ring is 1. The molecule has 2 heterocycles. The van der Waals surface area contributed by atoms with Crippen LogP contribution in [0.25, 0.3) is 0 Å². The molecular weight excluding hydrogens is 254 g/mol. The van der Waals surface area contributed by atoms with Crippen molar-refractivity contribution in [1.82, 2.24) is 9.88 Å². The number of anilines is 1. The van der Waals surface area contributed by atoms with Gasteiger partial charge in [0, 0.05) is 12.6 Å². The van der Waals surface area contributed by atoms with Gasteiger partial charge in [0.15, 0.2) is 5.13 Å². The zero-order chi connectivity index (χ0) is 13.1. The quantitative estimate of drug-likeness (QED) is 0.859. The fraction of sp³-hybridized carbons (Fsp3) is 0.545. The number of rotatable bonds is 3. The van der Waals surface area contributed by atoms with Crippen LogP contribution in [0.5, 0.6) is 0 Å². The van der Waals surface area contributed by atoms with Gasteiger partial charge in [-0.05, 0) is 19.3 Å². The molecule has 0 radical (unpaired) electrons. The number of carboxylic acids is 1. The van der Waals surface area contributed by atoms with E-state index >= 15 is 0 Å². The maximum absolute atomic E-state index is 12.3. The van der Waals surface area contributed by atoms with Gasteiger partial charge in [-0.2, -0.15) is 0 Å². The van der Waals surface area contributed by atoms with Gasteiger partial charge in [-0.1, -0.05) is 11.3 Å². The average molecular weight is 269 g/mol. The van der Waals surface area contributed by atoms with E-state index in [0.29, 0.717) is 16.6 Å². The Balaban J connectivity index is 2.13. The lowest BCUT2D eigenvalue weighted by atomic mass is 9.99. The van der Waals surface area contributed by atoms with Crippen LogP contribution in [-0.2, 0) is 4.79 Å². The largest absolute Gasteiger partial charge is 0.481 e. The van der Waals surface area contributed by atoms with Crippen molar-refractivity contribution in [2.75, 3.05) is 12.3 Å². The van der Waals surface area contributed by atoms with Crippen LogP contribution in [-0.4, -0.2) is 39.5 Å². The number of carbonyl (C=O) groups is 2. The monoisotopic (exact) mass is 269 g/mol. The number of hydrogen-bond donors (Lipinski definition) is 2. The number of carboxylic acid groups (broad SMARTS) is 1. The highest BCUT2D eigenvalue weighted by Crippen LogP contribution is 2.24. The minimum atomic E-state index is -0.872. The summed E-state index contributed by atoms with van der Waals surface area (Å²) in [7, 11) is 0. The van der Waals surface area contributed by atoms with E-state index in [0.717, 1.165) is 30.6 Å². The van der Waals surface area contributed by atoms with Crippen LogP contribution in [0.4, 0.5) is 5.13 Å². The molecule has 1 aliphatic rings. The second-order valence-corrected chi connectivity index (χ2v) is 5.37. The Kier molecular flexibility index (Phi) is 3.81. The van der Waals surface area contributed by atoms with Crippen LogP contribution < -0.4 is 5.73 Å². The number of amides is 1. The zero-order valence-corrected chi connectivity index (χ0v) is 10.7. The van der Waals surface area contributed by atoms with E-state index in [1.807, 2.05) is 0 Å². The lowest BCUT2D eigenvalue weighted by Crippen LogP contribution is -2.44. The molecule has 1 saturated heterocycles. The standard InChI is InChI=1S/C11H15N3O3S/c12-11-13-6-8(18-11)10(17)14-4-2-1-3-7(14)5-9(15)16/h6-7H,1-5H2,(H2,12,13)(H,15,16). The first kappa shape index (κ1) is 12.8. The molecule has 18 heavy (non-hydrogen) atoms. The van der Waals surface area contributed by atoms with Crippen molar-refractivity contribution in [3.8, 4) is 0 Å². The van der Waals surface area contributed by atoms with Crippen LogP contribution in [0.3, 0.4) is 0 Å². The van der Waals surface area contributed by atoms with E-state index < -0.39 is 5.97 Å². The molecule has 7 heteroatoms. The Morgan fingerprint density at radius 3 is 2.94 bits per heavy atom. The number of hydrogen-bond acceptors (Lipinski definition) is 5. The molecule has 1 atom stereocenters. The van der Waals surface area contributed by atoms with Crippen LogP contribution in [0.1, 0.15) is 35.4 Å². The molecule has 1 unspecified atom stereocenters. The number of nitrogens with zero attached hydrogens (tertiary/aromatic N) is 2. The lowest BCUT2D eigenvalue weighted by Gasteiger charge is -2.34. The minimum Gasteiger partial charge on any atom is -0.481 e. The van der Waals surface area contributed by atoms with Crippen LogP contribution in [0, 0.1) is 0 Å². The molecule has 0 aliphatic carbocycles. The summed E-state index contributed by atoms with van der Waals surface area (Å²) in [5.74, 6) is -1.03. The van der Waals surface area contributed by atoms with Gasteiger partial charge in [0.25, 0.3) is 5.91 Å². The number of aliphatic carboxylic acids is 1. The second-order valence-electron chi connectivity index (χ2n) is 4.31. The van der Waals surface area contributed by atoms with Crippen LogP contribution in [0.2, 0.25) is 0 Å². The predicted octanol–water partition coefficient (Wildman–Crippen LogP) is 1.19. The summed E-state index contributed by atoms with van der Waals surface area (Å²) in [6.45, 7) is 0.606. The van der Waals surface area contributed by atoms with E-state index in [2.05, 4.69) is 4.98 Å². The lowest BCUT2D eigenvalue weighted by molar-refractivity contribution is -0.138. The summed E-state index contributed by atoms with van der Waals surface area (Å²) in [6, 6.07) is -0.216. The molecule has 0 saturated carbocycles. The number of aromatic nitrogens is 1. The number of carbonyl (C=O) groups excluding carboxylic acids is 1. The molecule has 1 aromatic heterocycles. The zero-order valence-electron chi connectivity index (χ0n) is 9.83. The summed E-state index contributed by atoms with van der Waals surface area (Å²) >= 11 is 1.14. The molecular formula is C11H15N3O3S. The van der Waals surface area contributed by atoms with Gasteiger partial charge < -0.3 is 15.7 Å². The fourth-order valence-electron chi connectivity index (χ4n) is 2.21. The Bertz CT molecular complexity index is 460. The molecule has 1 amide bonds. The average Bonchev–Trinajstić information content (AvgIpc) is 2.75. The highest BCUT2D eigenvalue weighted by molar-refractivity contribution is 7.17. The maximum atomic E-state index is 12.3. The highest BCUT2D eigenvalue weighted by Gasteiger charge is 2.29. The third-order valence-electron chi connectivity index (χ3n) is 3.03. The molecule has 6 nitrogen and oxygen atoms in total. The third-order valence-corrected chi connectivity index (χ3v) is 3.85. The first-order valence-corrected chi connectivity index (χ1v) is 6.63. The molecule has 1 fully saturated rings. The van der Waals surface area contributed by atoms with E-state index in [4.69, 9.17) is 10.8 Å². The van der Waals surface area contributed by atoms with Crippen molar-refractivity contribution in [2.24, 2.45) is 0 Å².